The monoisotopic (exact) mass is 204 g/mol. The van der Waals surface area contributed by atoms with Crippen LogP contribution in [0.5, 0.6) is 0 Å². The number of hydrogen-bond donors (Lipinski definition) is 1. The number of Topliss-reactive ketones (excluding diaryl/α,β-unsaturated/α-hetero) is 1. The van der Waals surface area contributed by atoms with Crippen LogP contribution in [0.2, 0.25) is 0 Å². The van der Waals surface area contributed by atoms with Crippen molar-refractivity contribution in [3.05, 3.63) is 30.1 Å². The van der Waals surface area contributed by atoms with Crippen molar-refractivity contribution in [2.24, 2.45) is 11.7 Å². The van der Waals surface area contributed by atoms with Gasteiger partial charge in [-0.25, -0.2) is 0 Å². The van der Waals surface area contributed by atoms with E-state index in [0.29, 0.717) is 12.3 Å². The maximum Gasteiger partial charge on any atom is 0.155 e. The lowest BCUT2D eigenvalue weighted by atomic mass is 10.0. The fourth-order valence-electron chi connectivity index (χ4n) is 1.66. The Morgan fingerprint density at radius 3 is 2.93 bits per heavy atom. The molecule has 1 unspecified atom stereocenters. The zero-order valence-electron chi connectivity index (χ0n) is 8.73. The molecule has 0 spiro atoms. The molecule has 1 saturated carbocycles. The third-order valence-corrected chi connectivity index (χ3v) is 2.78. The van der Waals surface area contributed by atoms with Gasteiger partial charge in [0, 0.05) is 11.9 Å². The predicted octanol–water partition coefficient (Wildman–Crippen LogP) is 1.32. The maximum absolute atomic E-state index is 11.7. The van der Waals surface area contributed by atoms with E-state index in [4.69, 9.17) is 5.73 Å². The summed E-state index contributed by atoms with van der Waals surface area (Å²) in [7, 11) is 0. The van der Waals surface area contributed by atoms with Crippen LogP contribution in [0.1, 0.15) is 25.0 Å². The maximum atomic E-state index is 11.7. The molecule has 1 heterocycles. The Hall–Kier alpha value is -1.22. The molecule has 15 heavy (non-hydrogen) atoms. The van der Waals surface area contributed by atoms with Crippen LogP contribution in [0, 0.1) is 5.92 Å². The number of nitrogens with two attached hydrogens (primary N) is 1. The second-order valence-electron chi connectivity index (χ2n) is 4.25. The van der Waals surface area contributed by atoms with E-state index < -0.39 is 0 Å². The highest BCUT2D eigenvalue weighted by atomic mass is 16.1. The Morgan fingerprint density at radius 1 is 1.53 bits per heavy atom. The van der Waals surface area contributed by atoms with E-state index in [1.54, 1.807) is 6.20 Å². The second kappa shape index (κ2) is 4.53. The molecule has 1 aromatic rings. The molecule has 2 rings (SSSR count). The number of carbonyl (C=O) groups is 1. The number of pyridine rings is 1. The summed E-state index contributed by atoms with van der Waals surface area (Å²) in [5.74, 6) is 0.813. The molecule has 1 atom stereocenters. The van der Waals surface area contributed by atoms with Crippen LogP contribution in [0.15, 0.2) is 24.4 Å². The van der Waals surface area contributed by atoms with Gasteiger partial charge in [0.25, 0.3) is 0 Å². The standard InChI is InChI=1S/C12H16N2O/c13-11(7-9-4-5-9)12(15)8-10-3-1-2-6-14-10/h1-3,6,9,11H,4-5,7-8,13H2. The Balaban J connectivity index is 1.85. The summed E-state index contributed by atoms with van der Waals surface area (Å²) in [6.45, 7) is 0. The van der Waals surface area contributed by atoms with Gasteiger partial charge in [0.2, 0.25) is 0 Å². The largest absolute Gasteiger partial charge is 0.321 e. The zero-order chi connectivity index (χ0) is 10.7. The van der Waals surface area contributed by atoms with Gasteiger partial charge in [0.15, 0.2) is 5.78 Å². The Morgan fingerprint density at radius 2 is 2.33 bits per heavy atom. The quantitative estimate of drug-likeness (QED) is 0.787. The van der Waals surface area contributed by atoms with Gasteiger partial charge >= 0.3 is 0 Å². The third-order valence-electron chi connectivity index (χ3n) is 2.78. The van der Waals surface area contributed by atoms with Crippen LogP contribution in [-0.2, 0) is 11.2 Å². The van der Waals surface area contributed by atoms with E-state index in [0.717, 1.165) is 12.1 Å². The number of hydrogen-bond acceptors (Lipinski definition) is 3. The van der Waals surface area contributed by atoms with Gasteiger partial charge in [0.1, 0.15) is 0 Å². The summed E-state index contributed by atoms with van der Waals surface area (Å²) >= 11 is 0. The van der Waals surface area contributed by atoms with Crippen molar-refractivity contribution in [2.45, 2.75) is 31.7 Å². The molecule has 80 valence electrons. The van der Waals surface area contributed by atoms with Gasteiger partial charge in [-0.2, -0.15) is 0 Å². The smallest absolute Gasteiger partial charge is 0.155 e. The highest BCUT2D eigenvalue weighted by Gasteiger charge is 2.26. The number of ketones is 1. The van der Waals surface area contributed by atoms with Crippen molar-refractivity contribution in [3.8, 4) is 0 Å². The van der Waals surface area contributed by atoms with Crippen molar-refractivity contribution in [1.82, 2.24) is 4.98 Å². The van der Waals surface area contributed by atoms with Crippen LogP contribution in [0.3, 0.4) is 0 Å². The molecule has 1 aliphatic rings. The third kappa shape index (κ3) is 3.13. The van der Waals surface area contributed by atoms with Crippen molar-refractivity contribution in [2.75, 3.05) is 0 Å². The summed E-state index contributed by atoms with van der Waals surface area (Å²) in [5.41, 5.74) is 6.64. The molecule has 1 fully saturated rings. The molecule has 0 bridgehead atoms. The summed E-state index contributed by atoms with van der Waals surface area (Å²) in [6.07, 6.45) is 5.41. The lowest BCUT2D eigenvalue weighted by Gasteiger charge is -2.08. The fourth-order valence-corrected chi connectivity index (χ4v) is 1.66. The molecular weight excluding hydrogens is 188 g/mol. The van der Waals surface area contributed by atoms with Crippen LogP contribution in [0.4, 0.5) is 0 Å². The first-order chi connectivity index (χ1) is 7.25. The minimum Gasteiger partial charge on any atom is -0.321 e. The Kier molecular flexibility index (Phi) is 3.11. The van der Waals surface area contributed by atoms with E-state index in [9.17, 15) is 4.79 Å². The summed E-state index contributed by atoms with van der Waals surface area (Å²) in [4.78, 5) is 15.8. The van der Waals surface area contributed by atoms with Gasteiger partial charge < -0.3 is 5.73 Å². The molecule has 1 aliphatic carbocycles. The average molecular weight is 204 g/mol. The van der Waals surface area contributed by atoms with Crippen LogP contribution in [0.25, 0.3) is 0 Å². The number of carbonyl (C=O) groups excluding carboxylic acids is 1. The lowest BCUT2D eigenvalue weighted by Crippen LogP contribution is -2.32. The minimum atomic E-state index is -0.292. The lowest BCUT2D eigenvalue weighted by molar-refractivity contribution is -0.119. The van der Waals surface area contributed by atoms with E-state index in [1.165, 1.54) is 12.8 Å². The molecule has 3 nitrogen and oxygen atoms in total. The first-order valence-electron chi connectivity index (χ1n) is 5.44. The molecule has 1 aromatic heterocycles. The van der Waals surface area contributed by atoms with Crippen molar-refractivity contribution < 1.29 is 4.79 Å². The topological polar surface area (TPSA) is 56.0 Å². The summed E-state index contributed by atoms with van der Waals surface area (Å²) < 4.78 is 0. The summed E-state index contributed by atoms with van der Waals surface area (Å²) in [5, 5.41) is 0. The molecule has 2 N–H and O–H groups in total. The van der Waals surface area contributed by atoms with E-state index in [2.05, 4.69) is 4.98 Å². The predicted molar refractivity (Wildman–Crippen MR) is 58.3 cm³/mol. The molecule has 0 aromatic carbocycles. The summed E-state index contributed by atoms with van der Waals surface area (Å²) in [6, 6.07) is 5.31. The van der Waals surface area contributed by atoms with Gasteiger partial charge in [-0.15, -0.1) is 0 Å². The molecule has 0 radical (unpaired) electrons. The van der Waals surface area contributed by atoms with Gasteiger partial charge in [-0.1, -0.05) is 18.9 Å². The van der Waals surface area contributed by atoms with E-state index in [-0.39, 0.29) is 11.8 Å². The molecule has 0 saturated heterocycles. The minimum absolute atomic E-state index is 0.112. The molecular formula is C12H16N2O. The van der Waals surface area contributed by atoms with Crippen LogP contribution < -0.4 is 5.73 Å². The van der Waals surface area contributed by atoms with Crippen molar-refractivity contribution in [3.63, 3.8) is 0 Å². The average Bonchev–Trinajstić information content (AvgIpc) is 3.03. The van der Waals surface area contributed by atoms with E-state index >= 15 is 0 Å². The van der Waals surface area contributed by atoms with E-state index in [1.807, 2.05) is 18.2 Å². The molecule has 0 amide bonds. The van der Waals surface area contributed by atoms with Crippen LogP contribution >= 0.6 is 0 Å². The first-order valence-corrected chi connectivity index (χ1v) is 5.44. The van der Waals surface area contributed by atoms with Crippen molar-refractivity contribution in [1.29, 1.82) is 0 Å². The molecule has 0 aliphatic heterocycles. The SMILES string of the molecule is NC(CC1CC1)C(=O)Cc1ccccn1. The zero-order valence-corrected chi connectivity index (χ0v) is 8.73. The number of rotatable bonds is 5. The Bertz CT molecular complexity index is 333. The van der Waals surface area contributed by atoms with Crippen LogP contribution in [-0.4, -0.2) is 16.8 Å². The van der Waals surface area contributed by atoms with Gasteiger partial charge in [0.05, 0.1) is 12.5 Å². The van der Waals surface area contributed by atoms with Gasteiger partial charge in [-0.05, 0) is 24.5 Å². The fraction of sp³-hybridized carbons (Fsp3) is 0.500. The van der Waals surface area contributed by atoms with Gasteiger partial charge in [-0.3, -0.25) is 9.78 Å². The highest BCUT2D eigenvalue weighted by molar-refractivity contribution is 5.85. The number of aromatic nitrogens is 1. The van der Waals surface area contributed by atoms with Crippen molar-refractivity contribution >= 4 is 5.78 Å². The Labute approximate surface area is 89.7 Å². The number of nitrogens with zero attached hydrogens (tertiary/aromatic N) is 1. The normalized spacial score (nSPS) is 17.4. The first kappa shape index (κ1) is 10.3. The second-order valence-corrected chi connectivity index (χ2v) is 4.25. The molecule has 3 heteroatoms. The highest BCUT2D eigenvalue weighted by Crippen LogP contribution is 2.33.